The van der Waals surface area contributed by atoms with E-state index >= 15 is 0 Å². The first kappa shape index (κ1) is 19.7. The summed E-state index contributed by atoms with van der Waals surface area (Å²) in [5, 5.41) is 6.40. The van der Waals surface area contributed by atoms with Gasteiger partial charge in [0.1, 0.15) is 23.9 Å². The second-order valence-electron chi connectivity index (χ2n) is 7.74. The van der Waals surface area contributed by atoms with Crippen LogP contribution in [0.5, 0.6) is 5.75 Å². The highest BCUT2D eigenvalue weighted by Gasteiger charge is 2.26. The summed E-state index contributed by atoms with van der Waals surface area (Å²) >= 11 is 0. The number of pyridine rings is 2. The first-order valence-corrected chi connectivity index (χ1v) is 10.1. The molecule has 1 amide bonds. The van der Waals surface area contributed by atoms with Crippen LogP contribution in [-0.4, -0.2) is 41.2 Å². The summed E-state index contributed by atoms with van der Waals surface area (Å²) in [6, 6.07) is 8.93. The maximum absolute atomic E-state index is 12.4. The van der Waals surface area contributed by atoms with Crippen LogP contribution in [0.3, 0.4) is 0 Å². The largest absolute Gasteiger partial charge is 0.495 e. The summed E-state index contributed by atoms with van der Waals surface area (Å²) < 4.78 is 5.30. The molecule has 0 aliphatic carbocycles. The lowest BCUT2D eigenvalue weighted by atomic mass is 9.97. The minimum atomic E-state index is -0.537. The number of carbonyl (C=O) groups excluding carboxylic acids is 2. The Balaban J connectivity index is 1.61. The topological polar surface area (TPSA) is 96.4 Å². The maximum Gasteiger partial charge on any atom is 0.254 e. The van der Waals surface area contributed by atoms with Crippen molar-refractivity contribution < 1.29 is 14.3 Å². The number of fused-ring (bicyclic) bond motifs is 2. The minimum absolute atomic E-state index is 0.00906. The SMILES string of the molecule is COc1cncc(-c2cc3c(c(Nc4ccc5c(c4)C(=O)N(C)C5)n2)C(C=O)NC=C3)c1. The zero-order valence-electron chi connectivity index (χ0n) is 17.6. The molecule has 0 fully saturated rings. The summed E-state index contributed by atoms with van der Waals surface area (Å²) in [6.07, 6.45) is 7.85. The van der Waals surface area contributed by atoms with E-state index < -0.39 is 6.04 Å². The second kappa shape index (κ2) is 7.81. The number of hydrogen-bond acceptors (Lipinski definition) is 7. The lowest BCUT2D eigenvalue weighted by Gasteiger charge is -2.23. The van der Waals surface area contributed by atoms with E-state index in [0.717, 1.165) is 34.2 Å². The lowest BCUT2D eigenvalue weighted by molar-refractivity contribution is -0.109. The van der Waals surface area contributed by atoms with Crippen molar-refractivity contribution in [3.05, 3.63) is 71.2 Å². The molecule has 1 unspecified atom stereocenters. The Hall–Kier alpha value is -4.20. The minimum Gasteiger partial charge on any atom is -0.495 e. The average molecular weight is 427 g/mol. The van der Waals surface area contributed by atoms with Crippen molar-refractivity contribution in [3.63, 3.8) is 0 Å². The zero-order valence-corrected chi connectivity index (χ0v) is 17.6. The molecule has 1 aromatic carbocycles. The van der Waals surface area contributed by atoms with Crippen LogP contribution < -0.4 is 15.4 Å². The smallest absolute Gasteiger partial charge is 0.254 e. The summed E-state index contributed by atoms with van der Waals surface area (Å²) in [5.41, 5.74) is 5.47. The Morgan fingerprint density at radius 3 is 2.94 bits per heavy atom. The van der Waals surface area contributed by atoms with Gasteiger partial charge in [-0.15, -0.1) is 0 Å². The van der Waals surface area contributed by atoms with Gasteiger partial charge < -0.3 is 25.1 Å². The molecule has 8 heteroatoms. The van der Waals surface area contributed by atoms with Crippen LogP contribution in [0.4, 0.5) is 11.5 Å². The van der Waals surface area contributed by atoms with Crippen molar-refractivity contribution in [2.75, 3.05) is 19.5 Å². The number of carbonyl (C=O) groups is 2. The monoisotopic (exact) mass is 427 g/mol. The molecule has 2 N–H and O–H groups in total. The van der Waals surface area contributed by atoms with Crippen LogP contribution in [0.15, 0.2) is 48.9 Å². The van der Waals surface area contributed by atoms with Gasteiger partial charge in [0, 0.05) is 42.2 Å². The van der Waals surface area contributed by atoms with Gasteiger partial charge in [-0.05, 0) is 47.7 Å². The number of benzene rings is 1. The van der Waals surface area contributed by atoms with Gasteiger partial charge in [-0.3, -0.25) is 9.78 Å². The first-order chi connectivity index (χ1) is 15.6. The Bertz CT molecular complexity index is 1270. The molecule has 0 saturated carbocycles. The predicted octanol–water partition coefficient (Wildman–Crippen LogP) is 3.30. The van der Waals surface area contributed by atoms with Gasteiger partial charge in [-0.2, -0.15) is 0 Å². The molecule has 4 heterocycles. The fourth-order valence-corrected chi connectivity index (χ4v) is 4.05. The molecule has 0 saturated heterocycles. The number of hydrogen-bond donors (Lipinski definition) is 2. The fraction of sp³-hybridized carbons (Fsp3) is 0.167. The summed E-state index contributed by atoms with van der Waals surface area (Å²) in [7, 11) is 3.37. The normalized spacial score (nSPS) is 16.2. The van der Waals surface area contributed by atoms with Crippen molar-refractivity contribution in [1.29, 1.82) is 0 Å². The molecule has 2 aromatic heterocycles. The molecule has 2 aliphatic heterocycles. The number of aromatic nitrogens is 2. The van der Waals surface area contributed by atoms with E-state index in [9.17, 15) is 9.59 Å². The van der Waals surface area contributed by atoms with E-state index in [4.69, 9.17) is 9.72 Å². The molecule has 3 aromatic rings. The molecular formula is C24H21N5O3. The number of rotatable bonds is 5. The summed E-state index contributed by atoms with van der Waals surface area (Å²) in [5.74, 6) is 1.15. The molecule has 5 rings (SSSR count). The number of aldehydes is 1. The number of methoxy groups -OCH3 is 1. The van der Waals surface area contributed by atoms with E-state index in [1.165, 1.54) is 0 Å². The molecule has 2 aliphatic rings. The highest BCUT2D eigenvalue weighted by Crippen LogP contribution is 2.35. The van der Waals surface area contributed by atoms with E-state index in [-0.39, 0.29) is 5.91 Å². The lowest BCUT2D eigenvalue weighted by Crippen LogP contribution is -2.23. The van der Waals surface area contributed by atoms with Crippen LogP contribution in [0.2, 0.25) is 0 Å². The van der Waals surface area contributed by atoms with Gasteiger partial charge in [-0.1, -0.05) is 6.07 Å². The van der Waals surface area contributed by atoms with Crippen LogP contribution in [-0.2, 0) is 11.3 Å². The standard InChI is InChI=1S/C24H21N5O3/c1-29-12-15-3-4-17(9-19(15)24(29)31)27-23-22-14(5-6-26-21(22)13-30)8-20(28-23)16-7-18(32-2)11-25-10-16/h3-11,13,21,26H,12H2,1-2H3,(H,27,28). The van der Waals surface area contributed by atoms with E-state index in [0.29, 0.717) is 29.4 Å². The highest BCUT2D eigenvalue weighted by atomic mass is 16.5. The predicted molar refractivity (Wildman–Crippen MR) is 121 cm³/mol. The van der Waals surface area contributed by atoms with Crippen molar-refractivity contribution in [3.8, 4) is 17.0 Å². The Labute approximate surface area is 184 Å². The van der Waals surface area contributed by atoms with Crippen LogP contribution in [0, 0.1) is 0 Å². The second-order valence-corrected chi connectivity index (χ2v) is 7.74. The maximum atomic E-state index is 12.4. The third kappa shape index (κ3) is 3.35. The molecule has 160 valence electrons. The van der Waals surface area contributed by atoms with Crippen molar-refractivity contribution in [2.45, 2.75) is 12.6 Å². The van der Waals surface area contributed by atoms with E-state index in [1.807, 2.05) is 36.4 Å². The Morgan fingerprint density at radius 2 is 2.12 bits per heavy atom. The quantitative estimate of drug-likeness (QED) is 0.603. The van der Waals surface area contributed by atoms with E-state index in [2.05, 4.69) is 15.6 Å². The third-order valence-electron chi connectivity index (χ3n) is 5.68. The number of nitrogens with one attached hydrogen (secondary N) is 2. The molecule has 32 heavy (non-hydrogen) atoms. The van der Waals surface area contributed by atoms with E-state index in [1.54, 1.807) is 37.7 Å². The van der Waals surface area contributed by atoms with Crippen molar-refractivity contribution in [1.82, 2.24) is 20.2 Å². The summed E-state index contributed by atoms with van der Waals surface area (Å²) in [6.45, 7) is 0.600. The molecule has 0 bridgehead atoms. The van der Waals surface area contributed by atoms with Crippen molar-refractivity contribution in [2.24, 2.45) is 0 Å². The first-order valence-electron chi connectivity index (χ1n) is 10.1. The zero-order chi connectivity index (χ0) is 22.2. The van der Waals surface area contributed by atoms with Crippen LogP contribution in [0.25, 0.3) is 17.3 Å². The number of nitrogens with zero attached hydrogens (tertiary/aromatic N) is 3. The molecule has 0 radical (unpaired) electrons. The van der Waals surface area contributed by atoms with Crippen LogP contribution >= 0.6 is 0 Å². The fourth-order valence-electron chi connectivity index (χ4n) is 4.05. The Morgan fingerprint density at radius 1 is 1.25 bits per heavy atom. The highest BCUT2D eigenvalue weighted by molar-refractivity contribution is 5.99. The Kier molecular flexibility index (Phi) is 4.82. The van der Waals surface area contributed by atoms with Gasteiger partial charge in [0.05, 0.1) is 19.0 Å². The van der Waals surface area contributed by atoms with Gasteiger partial charge in [0.2, 0.25) is 0 Å². The molecular weight excluding hydrogens is 406 g/mol. The number of anilines is 2. The third-order valence-corrected chi connectivity index (χ3v) is 5.68. The number of amides is 1. The number of ether oxygens (including phenoxy) is 1. The molecule has 0 spiro atoms. The van der Waals surface area contributed by atoms with Gasteiger partial charge >= 0.3 is 0 Å². The molecule has 8 nitrogen and oxygen atoms in total. The van der Waals surface area contributed by atoms with Gasteiger partial charge in [-0.25, -0.2) is 4.98 Å². The summed E-state index contributed by atoms with van der Waals surface area (Å²) in [4.78, 5) is 34.9. The molecule has 1 atom stereocenters. The van der Waals surface area contributed by atoms with Crippen molar-refractivity contribution >= 4 is 29.8 Å². The average Bonchev–Trinajstić information content (AvgIpc) is 3.11. The van der Waals surface area contributed by atoms with Gasteiger partial charge in [0.25, 0.3) is 5.91 Å². The van der Waals surface area contributed by atoms with Gasteiger partial charge in [0.15, 0.2) is 0 Å². The van der Waals surface area contributed by atoms with Crippen LogP contribution in [0.1, 0.15) is 33.1 Å².